The Morgan fingerprint density at radius 3 is 2.21 bits per heavy atom. The van der Waals surface area contributed by atoms with Crippen LogP contribution < -0.4 is 5.73 Å². The summed E-state index contributed by atoms with van der Waals surface area (Å²) in [4.78, 5) is 2.19. The van der Waals surface area contributed by atoms with E-state index in [1.165, 1.54) is 0 Å². The summed E-state index contributed by atoms with van der Waals surface area (Å²) in [6.07, 6.45) is 3.93. The van der Waals surface area contributed by atoms with Crippen LogP contribution in [-0.4, -0.2) is 23.0 Å². The van der Waals surface area contributed by atoms with E-state index in [4.69, 9.17) is 5.73 Å². The van der Waals surface area contributed by atoms with E-state index in [9.17, 15) is 13.2 Å². The lowest BCUT2D eigenvalue weighted by atomic mass is 9.97. The van der Waals surface area contributed by atoms with Gasteiger partial charge >= 0.3 is 0 Å². The number of benzene rings is 1. The molecule has 104 valence electrons. The molecule has 2 aliphatic heterocycles. The molecule has 2 saturated heterocycles. The number of rotatable bonds is 2. The molecule has 19 heavy (non-hydrogen) atoms. The van der Waals surface area contributed by atoms with Crippen molar-refractivity contribution in [1.82, 2.24) is 4.90 Å². The number of fused-ring (bicyclic) bond motifs is 2. The van der Waals surface area contributed by atoms with Crippen molar-refractivity contribution in [3.8, 4) is 0 Å². The first kappa shape index (κ1) is 12.9. The molecule has 2 atom stereocenters. The molecule has 1 aromatic carbocycles. The fourth-order valence-corrected chi connectivity index (χ4v) is 3.46. The Labute approximate surface area is 110 Å². The van der Waals surface area contributed by atoms with Gasteiger partial charge in [-0.05, 0) is 31.7 Å². The predicted octanol–water partition coefficient (Wildman–Crippen LogP) is 2.56. The number of nitrogens with zero attached hydrogens (tertiary/aromatic N) is 1. The average Bonchev–Trinajstić information content (AvgIpc) is 2.58. The molecule has 0 spiro atoms. The zero-order chi connectivity index (χ0) is 13.6. The van der Waals surface area contributed by atoms with E-state index in [0.29, 0.717) is 24.7 Å². The van der Waals surface area contributed by atoms with Crippen LogP contribution in [0.4, 0.5) is 13.2 Å². The molecule has 1 aromatic rings. The Balaban J connectivity index is 1.81. The van der Waals surface area contributed by atoms with Gasteiger partial charge in [-0.25, -0.2) is 13.2 Å². The van der Waals surface area contributed by atoms with Crippen LogP contribution in [0.2, 0.25) is 0 Å². The van der Waals surface area contributed by atoms with Crippen LogP contribution in [0.3, 0.4) is 0 Å². The van der Waals surface area contributed by atoms with Crippen molar-refractivity contribution < 1.29 is 13.2 Å². The number of halogens is 3. The monoisotopic (exact) mass is 270 g/mol. The highest BCUT2D eigenvalue weighted by Gasteiger charge is 2.39. The van der Waals surface area contributed by atoms with E-state index >= 15 is 0 Å². The van der Waals surface area contributed by atoms with E-state index in [-0.39, 0.29) is 11.6 Å². The van der Waals surface area contributed by atoms with Crippen LogP contribution >= 0.6 is 0 Å². The Morgan fingerprint density at radius 1 is 1.00 bits per heavy atom. The van der Waals surface area contributed by atoms with E-state index in [0.717, 1.165) is 31.7 Å². The number of hydrogen-bond donors (Lipinski definition) is 1. The first-order chi connectivity index (χ1) is 9.04. The summed E-state index contributed by atoms with van der Waals surface area (Å²) >= 11 is 0. The molecule has 0 saturated carbocycles. The minimum Gasteiger partial charge on any atom is -0.328 e. The fourth-order valence-electron chi connectivity index (χ4n) is 3.46. The highest BCUT2D eigenvalue weighted by Crippen LogP contribution is 2.36. The van der Waals surface area contributed by atoms with Gasteiger partial charge in [0.1, 0.15) is 5.82 Å². The first-order valence-electron chi connectivity index (χ1n) is 6.69. The molecule has 2 N–H and O–H groups in total. The SMILES string of the molecule is NC1CC2CCC(C1)N2Cc1cc(F)c(F)cc1F. The summed E-state index contributed by atoms with van der Waals surface area (Å²) in [7, 11) is 0. The molecule has 5 heteroatoms. The molecule has 0 aliphatic carbocycles. The van der Waals surface area contributed by atoms with Crippen LogP contribution in [-0.2, 0) is 6.54 Å². The topological polar surface area (TPSA) is 29.3 Å². The second-order valence-corrected chi connectivity index (χ2v) is 5.65. The zero-order valence-electron chi connectivity index (χ0n) is 10.6. The van der Waals surface area contributed by atoms with Crippen LogP contribution in [0.1, 0.15) is 31.2 Å². The van der Waals surface area contributed by atoms with E-state index in [1.54, 1.807) is 0 Å². The van der Waals surface area contributed by atoms with Crippen molar-refractivity contribution in [2.75, 3.05) is 0 Å². The van der Waals surface area contributed by atoms with Crippen LogP contribution in [0.15, 0.2) is 12.1 Å². The van der Waals surface area contributed by atoms with Crippen molar-refractivity contribution in [3.05, 3.63) is 35.1 Å². The predicted molar refractivity (Wildman–Crippen MR) is 65.9 cm³/mol. The van der Waals surface area contributed by atoms with Crippen molar-refractivity contribution in [1.29, 1.82) is 0 Å². The Morgan fingerprint density at radius 2 is 1.58 bits per heavy atom. The molecule has 0 aromatic heterocycles. The van der Waals surface area contributed by atoms with Gasteiger partial charge < -0.3 is 5.73 Å². The molecule has 2 unspecified atom stereocenters. The second-order valence-electron chi connectivity index (χ2n) is 5.65. The van der Waals surface area contributed by atoms with E-state index in [1.807, 2.05) is 0 Å². The van der Waals surface area contributed by atoms with Gasteiger partial charge in [0.25, 0.3) is 0 Å². The van der Waals surface area contributed by atoms with E-state index in [2.05, 4.69) is 4.90 Å². The molecule has 2 nitrogen and oxygen atoms in total. The third-order valence-corrected chi connectivity index (χ3v) is 4.36. The van der Waals surface area contributed by atoms with Crippen molar-refractivity contribution >= 4 is 0 Å². The standard InChI is InChI=1S/C14H17F3N2/c15-12-6-14(17)13(16)3-8(12)7-19-10-1-2-11(19)5-9(18)4-10/h3,6,9-11H,1-2,4-5,7,18H2. The minimum absolute atomic E-state index is 0.212. The molecule has 2 aliphatic rings. The highest BCUT2D eigenvalue weighted by molar-refractivity contribution is 5.20. The maximum absolute atomic E-state index is 13.7. The lowest BCUT2D eigenvalue weighted by molar-refractivity contribution is 0.118. The summed E-state index contributed by atoms with van der Waals surface area (Å²) in [5, 5.41) is 0. The normalized spacial score (nSPS) is 30.8. The van der Waals surface area contributed by atoms with Gasteiger partial charge in [-0.1, -0.05) is 0 Å². The Hall–Kier alpha value is -1.07. The Kier molecular flexibility index (Phi) is 3.27. The minimum atomic E-state index is -1.13. The van der Waals surface area contributed by atoms with Gasteiger partial charge in [0, 0.05) is 36.3 Å². The lowest BCUT2D eigenvalue weighted by Gasteiger charge is -2.37. The van der Waals surface area contributed by atoms with Gasteiger partial charge in [0.05, 0.1) is 0 Å². The maximum atomic E-state index is 13.7. The fraction of sp³-hybridized carbons (Fsp3) is 0.571. The molecule has 3 rings (SSSR count). The third kappa shape index (κ3) is 2.37. The third-order valence-electron chi connectivity index (χ3n) is 4.36. The smallest absolute Gasteiger partial charge is 0.161 e. The molecule has 2 heterocycles. The van der Waals surface area contributed by atoms with Crippen molar-refractivity contribution in [2.45, 2.75) is 50.4 Å². The van der Waals surface area contributed by atoms with Gasteiger partial charge in [0.15, 0.2) is 11.6 Å². The average molecular weight is 270 g/mol. The lowest BCUT2D eigenvalue weighted by Crippen LogP contribution is -2.46. The van der Waals surface area contributed by atoms with Gasteiger partial charge in [-0.15, -0.1) is 0 Å². The molecule has 0 amide bonds. The summed E-state index contributed by atoms with van der Waals surface area (Å²) in [5.74, 6) is -2.80. The van der Waals surface area contributed by atoms with Gasteiger partial charge in [-0.3, -0.25) is 4.90 Å². The van der Waals surface area contributed by atoms with Crippen LogP contribution in [0.5, 0.6) is 0 Å². The number of nitrogens with two attached hydrogens (primary N) is 1. The van der Waals surface area contributed by atoms with Gasteiger partial charge in [-0.2, -0.15) is 0 Å². The largest absolute Gasteiger partial charge is 0.328 e. The zero-order valence-corrected chi connectivity index (χ0v) is 10.6. The Bertz CT molecular complexity index is 478. The van der Waals surface area contributed by atoms with Crippen LogP contribution in [0.25, 0.3) is 0 Å². The van der Waals surface area contributed by atoms with Crippen LogP contribution in [0, 0.1) is 17.5 Å². The molecule has 2 fully saturated rings. The molecule has 0 radical (unpaired) electrons. The summed E-state index contributed by atoms with van der Waals surface area (Å²) in [6, 6.07) is 2.51. The summed E-state index contributed by atoms with van der Waals surface area (Å²) < 4.78 is 39.8. The first-order valence-corrected chi connectivity index (χ1v) is 6.69. The maximum Gasteiger partial charge on any atom is 0.161 e. The van der Waals surface area contributed by atoms with Crippen molar-refractivity contribution in [2.24, 2.45) is 5.73 Å². The van der Waals surface area contributed by atoms with Gasteiger partial charge in [0.2, 0.25) is 0 Å². The molecule has 2 bridgehead atoms. The summed E-state index contributed by atoms with van der Waals surface area (Å²) in [5.41, 5.74) is 6.20. The molecular weight excluding hydrogens is 253 g/mol. The second kappa shape index (κ2) is 4.80. The van der Waals surface area contributed by atoms with Crippen molar-refractivity contribution in [3.63, 3.8) is 0 Å². The quantitative estimate of drug-likeness (QED) is 0.837. The number of piperidine rings is 1. The summed E-state index contributed by atoms with van der Waals surface area (Å²) in [6.45, 7) is 0.338. The van der Waals surface area contributed by atoms with E-state index < -0.39 is 17.5 Å². The molecular formula is C14H17F3N2. The highest BCUT2D eigenvalue weighted by atomic mass is 19.2. The number of hydrogen-bond acceptors (Lipinski definition) is 2.